The molecule has 0 unspecified atom stereocenters. The molecule has 0 atom stereocenters. The van der Waals surface area contributed by atoms with Gasteiger partial charge in [0, 0.05) is 11.1 Å². The molecule has 0 fully saturated rings. The summed E-state index contributed by atoms with van der Waals surface area (Å²) in [6, 6.07) is 3.00. The molecule has 17 heavy (non-hydrogen) atoms. The fourth-order valence-corrected chi connectivity index (χ4v) is 1.67. The van der Waals surface area contributed by atoms with Crippen molar-refractivity contribution in [3.05, 3.63) is 27.7 Å². The number of hydrogen-bond acceptors (Lipinski definition) is 3. The molecule has 5 heteroatoms. The molecule has 0 bridgehead atoms. The van der Waals surface area contributed by atoms with E-state index in [1.807, 2.05) is 0 Å². The Hall–Kier alpha value is -0.930. The van der Waals surface area contributed by atoms with Crippen LogP contribution in [0.25, 0.3) is 0 Å². The van der Waals surface area contributed by atoms with Crippen LogP contribution in [0.3, 0.4) is 0 Å². The van der Waals surface area contributed by atoms with Gasteiger partial charge in [0.15, 0.2) is 0 Å². The summed E-state index contributed by atoms with van der Waals surface area (Å²) in [6.45, 7) is 5.34. The van der Waals surface area contributed by atoms with E-state index < -0.39 is 11.6 Å². The van der Waals surface area contributed by atoms with Crippen molar-refractivity contribution in [3.8, 4) is 5.75 Å². The molecule has 94 valence electrons. The highest BCUT2D eigenvalue weighted by molar-refractivity contribution is 6.37. The lowest BCUT2D eigenvalue weighted by Gasteiger charge is -2.20. The third-order valence-corrected chi connectivity index (χ3v) is 2.45. The first-order valence-electron chi connectivity index (χ1n) is 5.01. The highest BCUT2D eigenvalue weighted by atomic mass is 35.5. The molecule has 1 aromatic carbocycles. The van der Waals surface area contributed by atoms with Crippen molar-refractivity contribution in [3.63, 3.8) is 0 Å². The van der Waals surface area contributed by atoms with E-state index in [0.29, 0.717) is 10.8 Å². The average Bonchev–Trinajstić information content (AvgIpc) is 2.18. The smallest absolute Gasteiger partial charge is 0.340 e. The lowest BCUT2D eigenvalue weighted by molar-refractivity contribution is 0.00694. The van der Waals surface area contributed by atoms with Crippen LogP contribution < -0.4 is 4.74 Å². The zero-order valence-corrected chi connectivity index (χ0v) is 11.6. The fourth-order valence-electron chi connectivity index (χ4n) is 1.19. The number of methoxy groups -OCH3 is 1. The molecule has 0 N–H and O–H groups in total. The molecule has 0 aliphatic rings. The second-order valence-electron chi connectivity index (χ2n) is 4.47. The quantitative estimate of drug-likeness (QED) is 0.767. The number of rotatable bonds is 2. The van der Waals surface area contributed by atoms with Crippen LogP contribution in [0.2, 0.25) is 10.0 Å². The minimum absolute atomic E-state index is 0.200. The molecule has 3 nitrogen and oxygen atoms in total. The number of hydrogen-bond donors (Lipinski definition) is 0. The van der Waals surface area contributed by atoms with E-state index in [4.69, 9.17) is 32.7 Å². The number of esters is 1. The van der Waals surface area contributed by atoms with Crippen LogP contribution in [0.4, 0.5) is 0 Å². The average molecular weight is 277 g/mol. The molecule has 1 aromatic rings. The Labute approximate surface area is 111 Å². The van der Waals surface area contributed by atoms with E-state index in [9.17, 15) is 4.79 Å². The van der Waals surface area contributed by atoms with Crippen molar-refractivity contribution in [2.75, 3.05) is 7.11 Å². The van der Waals surface area contributed by atoms with Gasteiger partial charge in [-0.25, -0.2) is 4.79 Å². The van der Waals surface area contributed by atoms with Gasteiger partial charge in [-0.2, -0.15) is 0 Å². The summed E-state index contributed by atoms with van der Waals surface area (Å²) in [7, 11) is 1.45. The van der Waals surface area contributed by atoms with E-state index >= 15 is 0 Å². The second-order valence-corrected chi connectivity index (χ2v) is 5.29. The number of benzene rings is 1. The Kier molecular flexibility index (Phi) is 4.28. The van der Waals surface area contributed by atoms with Gasteiger partial charge in [0.1, 0.15) is 11.4 Å². The van der Waals surface area contributed by atoms with Gasteiger partial charge in [-0.1, -0.05) is 23.2 Å². The first kappa shape index (κ1) is 14.1. The molecule has 0 saturated heterocycles. The molecular formula is C12H14Cl2O3. The topological polar surface area (TPSA) is 35.5 Å². The zero-order chi connectivity index (χ0) is 13.2. The number of ether oxygens (including phenoxy) is 2. The van der Waals surface area contributed by atoms with Crippen molar-refractivity contribution >= 4 is 29.2 Å². The third kappa shape index (κ3) is 3.79. The van der Waals surface area contributed by atoms with E-state index in [2.05, 4.69) is 0 Å². The maximum Gasteiger partial charge on any atom is 0.340 e. The number of halogens is 2. The van der Waals surface area contributed by atoms with Crippen LogP contribution in [-0.2, 0) is 4.74 Å². The minimum Gasteiger partial charge on any atom is -0.495 e. The summed E-state index contributed by atoms with van der Waals surface area (Å²) in [6.07, 6.45) is 0. The van der Waals surface area contributed by atoms with Crippen molar-refractivity contribution < 1.29 is 14.3 Å². The predicted molar refractivity (Wildman–Crippen MR) is 68.2 cm³/mol. The first-order chi connectivity index (χ1) is 7.74. The van der Waals surface area contributed by atoms with Gasteiger partial charge in [-0.3, -0.25) is 0 Å². The van der Waals surface area contributed by atoms with Gasteiger partial charge in [-0.05, 0) is 26.8 Å². The Balaban J connectivity index is 3.14. The van der Waals surface area contributed by atoms with Crippen molar-refractivity contribution in [2.45, 2.75) is 26.4 Å². The lowest BCUT2D eigenvalue weighted by Crippen LogP contribution is -2.24. The molecule has 0 aliphatic heterocycles. The fraction of sp³-hybridized carbons (Fsp3) is 0.417. The van der Waals surface area contributed by atoms with Gasteiger partial charge < -0.3 is 9.47 Å². The molecule has 0 radical (unpaired) electrons. The molecule has 0 aliphatic carbocycles. The van der Waals surface area contributed by atoms with Crippen LogP contribution in [-0.4, -0.2) is 18.7 Å². The predicted octanol–water partition coefficient (Wildman–Crippen LogP) is 3.96. The number of carbonyl (C=O) groups is 1. The lowest BCUT2D eigenvalue weighted by atomic mass is 10.1. The summed E-state index contributed by atoms with van der Waals surface area (Å²) in [4.78, 5) is 11.9. The molecule has 0 aromatic heterocycles. The Morgan fingerprint density at radius 1 is 1.24 bits per heavy atom. The standard InChI is InChI=1S/C12H14Cl2O3/c1-12(2,3)17-11(15)8-5-7(13)6-9(16-4)10(8)14/h5-6H,1-4H3. The minimum atomic E-state index is -0.587. The van der Waals surface area contributed by atoms with E-state index in [0.717, 1.165) is 0 Å². The number of carbonyl (C=O) groups excluding carboxylic acids is 1. The summed E-state index contributed by atoms with van der Waals surface area (Å²) in [5, 5.41) is 0.568. The van der Waals surface area contributed by atoms with Gasteiger partial charge in [0.05, 0.1) is 17.7 Å². The Morgan fingerprint density at radius 3 is 2.29 bits per heavy atom. The van der Waals surface area contributed by atoms with Crippen LogP contribution in [0.15, 0.2) is 12.1 Å². The van der Waals surface area contributed by atoms with Crippen LogP contribution in [0, 0.1) is 0 Å². The van der Waals surface area contributed by atoms with Crippen LogP contribution in [0.5, 0.6) is 5.75 Å². The normalized spacial score (nSPS) is 11.2. The molecule has 0 spiro atoms. The highest BCUT2D eigenvalue weighted by Gasteiger charge is 2.22. The molecule has 1 rings (SSSR count). The summed E-state index contributed by atoms with van der Waals surface area (Å²) >= 11 is 11.9. The van der Waals surface area contributed by atoms with Crippen LogP contribution >= 0.6 is 23.2 Å². The van der Waals surface area contributed by atoms with Gasteiger partial charge in [0.2, 0.25) is 0 Å². The monoisotopic (exact) mass is 276 g/mol. The van der Waals surface area contributed by atoms with E-state index in [-0.39, 0.29) is 10.6 Å². The van der Waals surface area contributed by atoms with Gasteiger partial charge in [0.25, 0.3) is 0 Å². The Bertz CT molecular complexity index is 436. The highest BCUT2D eigenvalue weighted by Crippen LogP contribution is 2.32. The SMILES string of the molecule is COc1cc(Cl)cc(C(=O)OC(C)(C)C)c1Cl. The van der Waals surface area contributed by atoms with Crippen molar-refractivity contribution in [1.82, 2.24) is 0 Å². The summed E-state index contributed by atoms with van der Waals surface area (Å²) < 4.78 is 10.2. The summed E-state index contributed by atoms with van der Waals surface area (Å²) in [5.74, 6) is -0.177. The molecular weight excluding hydrogens is 263 g/mol. The molecule has 0 saturated carbocycles. The maximum absolute atomic E-state index is 11.9. The van der Waals surface area contributed by atoms with E-state index in [1.54, 1.807) is 20.8 Å². The van der Waals surface area contributed by atoms with Gasteiger partial charge in [-0.15, -0.1) is 0 Å². The molecule has 0 heterocycles. The van der Waals surface area contributed by atoms with E-state index in [1.165, 1.54) is 19.2 Å². The maximum atomic E-state index is 11.9. The van der Waals surface area contributed by atoms with Crippen molar-refractivity contribution in [2.24, 2.45) is 0 Å². The zero-order valence-electron chi connectivity index (χ0n) is 10.1. The Morgan fingerprint density at radius 2 is 1.82 bits per heavy atom. The van der Waals surface area contributed by atoms with Gasteiger partial charge >= 0.3 is 5.97 Å². The summed E-state index contributed by atoms with van der Waals surface area (Å²) in [5.41, 5.74) is -0.387. The second kappa shape index (κ2) is 5.15. The largest absolute Gasteiger partial charge is 0.495 e. The third-order valence-electron chi connectivity index (χ3n) is 1.84. The van der Waals surface area contributed by atoms with Crippen LogP contribution in [0.1, 0.15) is 31.1 Å². The first-order valence-corrected chi connectivity index (χ1v) is 5.76. The van der Waals surface area contributed by atoms with Crippen molar-refractivity contribution in [1.29, 1.82) is 0 Å². The molecule has 0 amide bonds.